The molecule has 22 heavy (non-hydrogen) atoms. The van der Waals surface area contributed by atoms with Crippen LogP contribution < -0.4 is 15.6 Å². The lowest BCUT2D eigenvalue weighted by molar-refractivity contribution is 0.0937. The van der Waals surface area contributed by atoms with E-state index in [2.05, 4.69) is 21.0 Å². The highest BCUT2D eigenvalue weighted by Gasteiger charge is 2.09. The first-order valence-corrected chi connectivity index (χ1v) is 7.12. The zero-order valence-corrected chi connectivity index (χ0v) is 12.9. The molecule has 0 atom stereocenters. The second-order valence-electron chi connectivity index (χ2n) is 4.68. The molecule has 0 fully saturated rings. The van der Waals surface area contributed by atoms with Crippen molar-refractivity contribution in [3.63, 3.8) is 0 Å². The fourth-order valence-electron chi connectivity index (χ4n) is 1.93. The Morgan fingerprint density at radius 3 is 2.59 bits per heavy atom. The van der Waals surface area contributed by atoms with Gasteiger partial charge < -0.3 is 4.74 Å². The largest absolute Gasteiger partial charge is 0.494 e. The van der Waals surface area contributed by atoms with Crippen molar-refractivity contribution < 1.29 is 9.53 Å². The number of rotatable bonds is 6. The first kappa shape index (κ1) is 15.6. The van der Waals surface area contributed by atoms with Gasteiger partial charge in [0.25, 0.3) is 5.91 Å². The van der Waals surface area contributed by atoms with Gasteiger partial charge in [-0.15, -0.1) is 0 Å². The summed E-state index contributed by atoms with van der Waals surface area (Å²) in [5.74, 6) is 0.521. The van der Waals surface area contributed by atoms with E-state index in [4.69, 9.17) is 4.74 Å². The third-order valence-corrected chi connectivity index (χ3v) is 3.01. The number of allylic oxidation sites excluding steroid dienone is 1. The van der Waals surface area contributed by atoms with Crippen LogP contribution in [0.2, 0.25) is 0 Å². The fraction of sp³-hybridized carbons (Fsp3) is 0.250. The highest BCUT2D eigenvalue weighted by molar-refractivity contribution is 5.92. The van der Waals surface area contributed by atoms with Gasteiger partial charge in [-0.2, -0.15) is 5.10 Å². The molecular formula is C16H20N4O2. The smallest absolute Gasteiger partial charge is 0.290 e. The molecule has 0 aliphatic carbocycles. The number of H-pyrrole nitrogens is 1. The van der Waals surface area contributed by atoms with E-state index in [0.717, 1.165) is 22.7 Å². The zero-order valence-electron chi connectivity index (χ0n) is 12.9. The SMILES string of the molecule is CC=C(NNC(=O)c1cc(C)[nH]n1)c1ccc(OCC)cc1. The predicted octanol–water partition coefficient (Wildman–Crippen LogP) is 2.41. The summed E-state index contributed by atoms with van der Waals surface area (Å²) in [7, 11) is 0. The average molecular weight is 300 g/mol. The van der Waals surface area contributed by atoms with Crippen LogP contribution in [0.1, 0.15) is 35.6 Å². The summed E-state index contributed by atoms with van der Waals surface area (Å²) in [5.41, 5.74) is 8.46. The Morgan fingerprint density at radius 2 is 2.05 bits per heavy atom. The van der Waals surface area contributed by atoms with Gasteiger partial charge >= 0.3 is 0 Å². The molecule has 0 radical (unpaired) electrons. The number of nitrogens with one attached hydrogen (secondary N) is 3. The molecular weight excluding hydrogens is 280 g/mol. The summed E-state index contributed by atoms with van der Waals surface area (Å²) >= 11 is 0. The number of benzene rings is 1. The Hall–Kier alpha value is -2.76. The minimum Gasteiger partial charge on any atom is -0.494 e. The molecule has 1 aromatic heterocycles. The van der Waals surface area contributed by atoms with Crippen LogP contribution in [-0.4, -0.2) is 22.7 Å². The molecule has 6 nitrogen and oxygen atoms in total. The molecule has 1 amide bonds. The summed E-state index contributed by atoms with van der Waals surface area (Å²) in [6.45, 7) is 6.31. The molecule has 116 valence electrons. The van der Waals surface area contributed by atoms with Crippen molar-refractivity contribution in [2.45, 2.75) is 20.8 Å². The molecule has 0 saturated heterocycles. The van der Waals surface area contributed by atoms with Crippen LogP contribution in [0.3, 0.4) is 0 Å². The molecule has 0 aliphatic heterocycles. The number of hydrogen-bond acceptors (Lipinski definition) is 4. The van der Waals surface area contributed by atoms with E-state index in [-0.39, 0.29) is 5.91 Å². The number of hydrogen-bond donors (Lipinski definition) is 3. The molecule has 0 unspecified atom stereocenters. The fourth-order valence-corrected chi connectivity index (χ4v) is 1.93. The number of aryl methyl sites for hydroxylation is 1. The summed E-state index contributed by atoms with van der Waals surface area (Å²) < 4.78 is 5.41. The van der Waals surface area contributed by atoms with E-state index in [1.54, 1.807) is 6.07 Å². The van der Waals surface area contributed by atoms with Crippen LogP contribution >= 0.6 is 0 Å². The van der Waals surface area contributed by atoms with Gasteiger partial charge in [-0.25, -0.2) is 0 Å². The first-order valence-electron chi connectivity index (χ1n) is 7.12. The van der Waals surface area contributed by atoms with Crippen molar-refractivity contribution in [3.05, 3.63) is 53.4 Å². The van der Waals surface area contributed by atoms with Crippen molar-refractivity contribution >= 4 is 11.6 Å². The van der Waals surface area contributed by atoms with E-state index < -0.39 is 0 Å². The number of carbonyl (C=O) groups is 1. The number of amides is 1. The third kappa shape index (κ3) is 3.88. The lowest BCUT2D eigenvalue weighted by Crippen LogP contribution is -2.36. The predicted molar refractivity (Wildman–Crippen MR) is 85.2 cm³/mol. The number of carbonyl (C=O) groups excluding carboxylic acids is 1. The van der Waals surface area contributed by atoms with Crippen LogP contribution in [-0.2, 0) is 0 Å². The van der Waals surface area contributed by atoms with Crippen LogP contribution in [0.25, 0.3) is 5.70 Å². The van der Waals surface area contributed by atoms with Gasteiger partial charge in [0, 0.05) is 5.69 Å². The molecule has 0 aliphatic rings. The highest BCUT2D eigenvalue weighted by atomic mass is 16.5. The van der Waals surface area contributed by atoms with E-state index in [0.29, 0.717) is 12.3 Å². The maximum atomic E-state index is 11.9. The van der Waals surface area contributed by atoms with Gasteiger partial charge in [0.05, 0.1) is 12.3 Å². The topological polar surface area (TPSA) is 79.0 Å². The highest BCUT2D eigenvalue weighted by Crippen LogP contribution is 2.16. The van der Waals surface area contributed by atoms with E-state index in [9.17, 15) is 4.79 Å². The number of nitrogens with zero attached hydrogens (tertiary/aromatic N) is 1. The van der Waals surface area contributed by atoms with Crippen LogP contribution in [0.15, 0.2) is 36.4 Å². The van der Waals surface area contributed by atoms with Crippen LogP contribution in [0.4, 0.5) is 0 Å². The van der Waals surface area contributed by atoms with Crippen molar-refractivity contribution in [2.24, 2.45) is 0 Å². The zero-order chi connectivity index (χ0) is 15.9. The molecule has 2 aromatic rings. The lowest BCUT2D eigenvalue weighted by atomic mass is 10.1. The first-order chi connectivity index (χ1) is 10.6. The van der Waals surface area contributed by atoms with Gasteiger partial charge in [0.15, 0.2) is 5.69 Å². The van der Waals surface area contributed by atoms with Gasteiger partial charge in [-0.3, -0.25) is 20.7 Å². The molecule has 1 heterocycles. The Labute approximate surface area is 129 Å². The van der Waals surface area contributed by atoms with Crippen molar-refractivity contribution in [1.29, 1.82) is 0 Å². The maximum absolute atomic E-state index is 11.9. The normalized spacial score (nSPS) is 11.1. The summed E-state index contributed by atoms with van der Waals surface area (Å²) in [4.78, 5) is 11.9. The van der Waals surface area contributed by atoms with Gasteiger partial charge in [0.2, 0.25) is 0 Å². The molecule has 1 aromatic carbocycles. The average Bonchev–Trinajstić information content (AvgIpc) is 2.96. The number of aromatic amines is 1. The Kier molecular flexibility index (Phi) is 5.19. The van der Waals surface area contributed by atoms with Gasteiger partial charge in [-0.1, -0.05) is 6.08 Å². The minimum atomic E-state index is -0.297. The third-order valence-electron chi connectivity index (χ3n) is 3.01. The summed E-state index contributed by atoms with van der Waals surface area (Å²) in [6, 6.07) is 9.32. The molecule has 3 N–H and O–H groups in total. The van der Waals surface area contributed by atoms with Gasteiger partial charge in [0.1, 0.15) is 5.75 Å². The molecule has 6 heteroatoms. The monoisotopic (exact) mass is 300 g/mol. The lowest BCUT2D eigenvalue weighted by Gasteiger charge is -2.12. The minimum absolute atomic E-state index is 0.297. The number of hydrazine groups is 1. The van der Waals surface area contributed by atoms with E-state index >= 15 is 0 Å². The molecule has 0 bridgehead atoms. The van der Waals surface area contributed by atoms with Crippen molar-refractivity contribution in [1.82, 2.24) is 21.0 Å². The van der Waals surface area contributed by atoms with E-state index in [1.165, 1.54) is 0 Å². The molecule has 0 saturated carbocycles. The summed E-state index contributed by atoms with van der Waals surface area (Å²) in [5, 5.41) is 6.65. The van der Waals surface area contributed by atoms with Gasteiger partial charge in [-0.05, 0) is 56.7 Å². The maximum Gasteiger partial charge on any atom is 0.290 e. The quantitative estimate of drug-likeness (QED) is 0.716. The summed E-state index contributed by atoms with van der Waals surface area (Å²) in [6.07, 6.45) is 1.88. The second kappa shape index (κ2) is 7.31. The molecule has 0 spiro atoms. The van der Waals surface area contributed by atoms with Crippen molar-refractivity contribution in [2.75, 3.05) is 6.61 Å². The van der Waals surface area contributed by atoms with Crippen LogP contribution in [0, 0.1) is 6.92 Å². The molecule has 2 rings (SSSR count). The van der Waals surface area contributed by atoms with Crippen molar-refractivity contribution in [3.8, 4) is 5.75 Å². The Balaban J connectivity index is 1.99. The van der Waals surface area contributed by atoms with Crippen LogP contribution in [0.5, 0.6) is 5.75 Å². The number of ether oxygens (including phenoxy) is 1. The van der Waals surface area contributed by atoms with E-state index in [1.807, 2.05) is 51.1 Å². The Bertz CT molecular complexity index is 659. The second-order valence-corrected chi connectivity index (χ2v) is 4.68. The standard InChI is InChI=1S/C16H20N4O2/c1-4-14(12-6-8-13(9-7-12)22-5-2)18-20-16(21)15-10-11(3)17-19-15/h4,6-10,18H,5H2,1-3H3,(H,17,19)(H,20,21). The number of aromatic nitrogens is 2. The Morgan fingerprint density at radius 1 is 1.32 bits per heavy atom.